The lowest BCUT2D eigenvalue weighted by Gasteiger charge is -2.42. The van der Waals surface area contributed by atoms with E-state index < -0.39 is 59.8 Å². The fraction of sp³-hybridized carbons (Fsp3) is 0.429. The standard InChI is InChI=1S/C84H94N4O11/c1-4-12-67-59-35-57-33-53-23-25-69(71-44-78(93)79(99-3)40-54(71)24-26-76(91)83(96)82(95)72(53)38-59)68-19-9-8-18-66(68)58-32-51(70(74(39-58)84(97)98)31-50-15-10-17-63(89)30-50)16-11-20-65(57)55-27-28-86-80(41-55)88-75-43-73-52(34-60(75)29-49-13-6-5-7-14-49)21-22-56(81(73)94)37-64(90)47-85-45-48(2)61-36-62(87-46-61)42-77(67)92/h5-10,13-15,17-19,21-22,27,30,34,36,40-41,43-44,46,48,51,53,57-59,64-65,67,69-70,72,74,77,83-90,92-94,96-98H,4,12,20,24,26,28-29,31-33,35,37-39,42,45,47H2,1-3H3/t48-,51+,53+,57+,58+,59+,64-,65+,67-,69+,70+,72-,74+,77-,83-/m1/s1. The number of hydrogen-bond acceptors (Lipinski definition) is 14. The van der Waals surface area contributed by atoms with E-state index in [-0.39, 0.29) is 96.0 Å². The number of nitrogens with one attached hydrogen (secondary N) is 4. The number of β-amino-alcohol motifs (C(OH)–C–C–N with tert-alkyl or cyclic N) is 1. The summed E-state index contributed by atoms with van der Waals surface area (Å²) >= 11 is 0. The topological polar surface area (TPSA) is 257 Å². The number of aliphatic hydroxyl groups is 5. The Labute approximate surface area is 580 Å². The summed E-state index contributed by atoms with van der Waals surface area (Å²) in [6, 6.07) is 39.0. The smallest absolute Gasteiger partial charge is 0.173 e. The molecule has 0 radical (unpaired) electrons. The molecular weight excluding hydrogens is 1240 g/mol. The number of phenolic OH excluding ortho intramolecular Hbond substituents is 3. The predicted octanol–water partition coefficient (Wildman–Crippen LogP) is 11.5. The number of fused-ring (bicyclic) bond motifs is 15. The first-order valence-corrected chi connectivity index (χ1v) is 35.8. The molecule has 7 aromatic rings. The largest absolute Gasteiger partial charge is 0.508 e. The van der Waals surface area contributed by atoms with E-state index in [1.165, 1.54) is 7.11 Å². The predicted molar refractivity (Wildman–Crippen MR) is 384 cm³/mol. The van der Waals surface area contributed by atoms with Gasteiger partial charge in [-0.2, -0.15) is 0 Å². The van der Waals surface area contributed by atoms with Gasteiger partial charge in [0.2, 0.25) is 0 Å². The van der Waals surface area contributed by atoms with Crippen LogP contribution in [0.5, 0.6) is 23.0 Å². The SMILES string of the molecule is CCC[C@@H]1[C@H]2C[C@@H]3C[C@@H]4C#C[C@H](c5cc(O)c(OC)cc5CCC(=O)[C@@H](O)C(=O)[C@@H]4C2)c2ccccc2[C@@H]2C[C@H](C(O)O)[C@@H](Cc4cccc(O)c4)[C@@H](C#CC[C@H]3C3=CCNC(=C3)Nc3cc4c(O)c(ccc4cc3Cc3ccccc3)C[C@@H](O)CNC[C@@H](C)c3c[nH]c(c3)C[C@H]1O)C2. The Balaban J connectivity index is 1.03. The van der Waals surface area contributed by atoms with Gasteiger partial charge in [-0.1, -0.05) is 123 Å². The Kier molecular flexibility index (Phi) is 21.2. The van der Waals surface area contributed by atoms with Crippen LogP contribution in [0.15, 0.2) is 151 Å². The zero-order valence-electron chi connectivity index (χ0n) is 56.8. The normalized spacial score (nSPS) is 28.2. The highest BCUT2D eigenvalue weighted by Crippen LogP contribution is 2.51. The quantitative estimate of drug-likeness (QED) is 0.0384. The number of aromatic nitrogens is 1. The molecule has 3 heterocycles. The summed E-state index contributed by atoms with van der Waals surface area (Å²) in [5.74, 6) is 9.69. The van der Waals surface area contributed by atoms with E-state index in [4.69, 9.17) is 4.74 Å². The Hall–Kier alpha value is -8.64. The molecule has 2 fully saturated rings. The number of allylic oxidation sites excluding steroid dienone is 2. The molecule has 516 valence electrons. The minimum Gasteiger partial charge on any atom is -0.508 e. The van der Waals surface area contributed by atoms with E-state index in [2.05, 4.69) is 101 Å². The highest BCUT2D eigenvalue weighted by Gasteiger charge is 2.47. The highest BCUT2D eigenvalue weighted by molar-refractivity contribution is 6.06. The third-order valence-corrected chi connectivity index (χ3v) is 22.7. The second kappa shape index (κ2) is 30.5. The number of phenols is 3. The number of carbonyl (C=O) groups is 2. The van der Waals surface area contributed by atoms with Gasteiger partial charge in [0.1, 0.15) is 17.3 Å². The van der Waals surface area contributed by atoms with Gasteiger partial charge in [-0.25, -0.2) is 0 Å². The van der Waals surface area contributed by atoms with Crippen molar-refractivity contribution in [2.45, 2.75) is 146 Å². The van der Waals surface area contributed by atoms with Crippen molar-refractivity contribution in [3.63, 3.8) is 0 Å². The number of aryl methyl sites for hydroxylation is 1. The number of benzene rings is 6. The van der Waals surface area contributed by atoms with Crippen LogP contribution in [0.1, 0.15) is 145 Å². The summed E-state index contributed by atoms with van der Waals surface area (Å²) in [6.07, 6.45) is 6.16. The molecule has 1 aromatic heterocycles. The van der Waals surface area contributed by atoms with Crippen LogP contribution in [0.25, 0.3) is 10.8 Å². The average molecular weight is 1340 g/mol. The summed E-state index contributed by atoms with van der Waals surface area (Å²) in [5, 5.41) is 108. The molecule has 4 aliphatic carbocycles. The number of aromatic amines is 1. The van der Waals surface area contributed by atoms with Crippen molar-refractivity contribution in [2.75, 3.05) is 32.1 Å². The maximum atomic E-state index is 15.8. The Morgan fingerprint density at radius 3 is 2.32 bits per heavy atom. The summed E-state index contributed by atoms with van der Waals surface area (Å²) in [7, 11) is 1.46. The lowest BCUT2D eigenvalue weighted by Crippen LogP contribution is -2.40. The van der Waals surface area contributed by atoms with Gasteiger partial charge in [0.05, 0.1) is 25.2 Å². The van der Waals surface area contributed by atoms with Gasteiger partial charge in [0.15, 0.2) is 35.5 Å². The molecule has 0 saturated heterocycles. The molecule has 0 amide bonds. The Morgan fingerprint density at radius 2 is 1.53 bits per heavy atom. The summed E-state index contributed by atoms with van der Waals surface area (Å²) in [6.45, 7) is 5.51. The van der Waals surface area contributed by atoms with E-state index in [1.54, 1.807) is 30.3 Å². The van der Waals surface area contributed by atoms with Gasteiger partial charge in [-0.05, 0) is 209 Å². The molecule has 6 aromatic carbocycles. The maximum absolute atomic E-state index is 15.8. The third kappa shape index (κ3) is 15.3. The zero-order valence-corrected chi connectivity index (χ0v) is 56.8. The number of hydrogen-bond donors (Lipinski definition) is 12. The first-order chi connectivity index (χ1) is 48.0. The lowest BCUT2D eigenvalue weighted by atomic mass is 9.63. The van der Waals surface area contributed by atoms with Crippen LogP contribution in [0.3, 0.4) is 0 Å². The van der Waals surface area contributed by atoms with E-state index in [9.17, 15) is 45.6 Å². The Morgan fingerprint density at radius 1 is 0.717 bits per heavy atom. The van der Waals surface area contributed by atoms with E-state index in [1.807, 2.05) is 66.9 Å². The van der Waals surface area contributed by atoms with Gasteiger partial charge in [0, 0.05) is 92.0 Å². The van der Waals surface area contributed by atoms with Gasteiger partial charge >= 0.3 is 0 Å². The van der Waals surface area contributed by atoms with Crippen LogP contribution in [0.4, 0.5) is 5.69 Å². The van der Waals surface area contributed by atoms with Crippen molar-refractivity contribution in [1.82, 2.24) is 15.6 Å². The highest BCUT2D eigenvalue weighted by atomic mass is 16.5. The number of anilines is 1. The van der Waals surface area contributed by atoms with Gasteiger partial charge < -0.3 is 66.5 Å². The van der Waals surface area contributed by atoms with Gasteiger partial charge in [-0.15, -0.1) is 5.92 Å². The van der Waals surface area contributed by atoms with Crippen LogP contribution < -0.4 is 20.7 Å². The van der Waals surface area contributed by atoms with E-state index in [0.717, 1.165) is 62.1 Å². The molecule has 2 saturated carbocycles. The molecule has 13 rings (SSSR count). The van der Waals surface area contributed by atoms with Crippen molar-refractivity contribution >= 4 is 28.0 Å². The van der Waals surface area contributed by atoms with Crippen LogP contribution in [0, 0.1) is 76.9 Å². The number of H-pyrrole nitrogens is 1. The number of ether oxygens (including phenoxy) is 1. The minimum absolute atomic E-state index is 0.0284. The van der Waals surface area contributed by atoms with E-state index >= 15 is 4.79 Å². The van der Waals surface area contributed by atoms with Crippen molar-refractivity contribution in [3.8, 4) is 46.7 Å². The number of carbonyl (C=O) groups excluding carboxylic acids is 2. The second-order valence-corrected chi connectivity index (χ2v) is 29.1. The molecule has 15 nitrogen and oxygen atoms in total. The number of aromatic hydroxyl groups is 3. The second-order valence-electron chi connectivity index (χ2n) is 29.1. The average Bonchev–Trinajstić information content (AvgIpc) is 1.45. The number of rotatable bonds is 8. The van der Waals surface area contributed by atoms with Crippen LogP contribution >= 0.6 is 0 Å². The van der Waals surface area contributed by atoms with Crippen molar-refractivity contribution in [1.29, 1.82) is 0 Å². The van der Waals surface area contributed by atoms with Crippen LogP contribution in [-0.4, -0.2) is 109 Å². The number of dihydropyridines is 1. The van der Waals surface area contributed by atoms with Crippen LogP contribution in [0.2, 0.25) is 0 Å². The summed E-state index contributed by atoms with van der Waals surface area (Å²) in [5.41, 5.74) is 10.3. The monoisotopic (exact) mass is 1330 g/mol. The zero-order chi connectivity index (χ0) is 69.0. The molecule has 12 N–H and O–H groups in total. The summed E-state index contributed by atoms with van der Waals surface area (Å²) < 4.78 is 5.71. The number of ketones is 2. The maximum Gasteiger partial charge on any atom is 0.173 e. The number of Topliss-reactive ketones (excluding diaryl/α,β-unsaturated/α-hetero) is 2. The first-order valence-electron chi connectivity index (χ1n) is 35.8. The minimum atomic E-state index is -1.95. The molecular formula is C84H94N4O11. The van der Waals surface area contributed by atoms with E-state index in [0.29, 0.717) is 105 Å². The first kappa shape index (κ1) is 68.9. The Bertz CT molecular complexity index is 4290. The molecule has 99 heavy (non-hydrogen) atoms. The lowest BCUT2D eigenvalue weighted by molar-refractivity contribution is -0.142. The molecule has 0 spiro atoms. The number of aliphatic hydroxyl groups excluding tert-OH is 4. The molecule has 15 atom stereocenters. The van der Waals surface area contributed by atoms with Crippen molar-refractivity contribution < 1.29 is 55.2 Å². The van der Waals surface area contributed by atoms with Gasteiger partial charge in [0.25, 0.3) is 0 Å². The molecule has 6 aliphatic rings. The molecule has 2 aliphatic heterocycles. The van der Waals surface area contributed by atoms with Gasteiger partial charge in [-0.3, -0.25) is 9.59 Å². The van der Waals surface area contributed by atoms with Crippen molar-refractivity contribution in [3.05, 3.63) is 207 Å². The third-order valence-electron chi connectivity index (χ3n) is 22.7. The fourth-order valence-corrected chi connectivity index (χ4v) is 17.6. The fourth-order valence-electron chi connectivity index (χ4n) is 17.6. The summed E-state index contributed by atoms with van der Waals surface area (Å²) in [4.78, 5) is 34.0. The molecule has 15 heteroatoms. The van der Waals surface area contributed by atoms with Crippen molar-refractivity contribution in [2.24, 2.45) is 53.3 Å². The number of methoxy groups -OCH3 is 1. The van der Waals surface area contributed by atoms with Crippen LogP contribution in [-0.2, 0) is 41.7 Å². The molecule has 13 bridgehead atoms. The molecule has 0 unspecified atom stereocenters.